The van der Waals surface area contributed by atoms with Gasteiger partial charge in [-0.2, -0.15) is 12.6 Å². The molecule has 0 saturated heterocycles. The lowest BCUT2D eigenvalue weighted by Gasteiger charge is -2.22. The third-order valence-corrected chi connectivity index (χ3v) is 3.48. The molecule has 1 heterocycles. The largest absolute Gasteiger partial charge is 0.323 e. The molecule has 0 aliphatic carbocycles. The fourth-order valence-corrected chi connectivity index (χ4v) is 1.73. The van der Waals surface area contributed by atoms with Crippen LogP contribution in [0.3, 0.4) is 0 Å². The van der Waals surface area contributed by atoms with Gasteiger partial charge in [0.05, 0.1) is 11.0 Å². The number of aromatic amines is 2. The van der Waals surface area contributed by atoms with E-state index in [0.29, 0.717) is 0 Å². The van der Waals surface area contributed by atoms with Crippen molar-refractivity contribution in [3.05, 3.63) is 34.2 Å². The first-order chi connectivity index (χ1) is 7.03. The SMILES string of the molecule is CC(C)(CS)c1ccc2[nH]c(=O)[nH]c2c1. The summed E-state index contributed by atoms with van der Waals surface area (Å²) < 4.78 is 0. The number of H-pyrrole nitrogens is 2. The van der Waals surface area contributed by atoms with Crippen molar-refractivity contribution in [1.29, 1.82) is 0 Å². The number of thiol groups is 1. The summed E-state index contributed by atoms with van der Waals surface area (Å²) >= 11 is 4.33. The molecule has 0 bridgehead atoms. The Kier molecular flexibility index (Phi) is 2.38. The molecule has 2 aromatic rings. The van der Waals surface area contributed by atoms with Gasteiger partial charge in [0.1, 0.15) is 0 Å². The van der Waals surface area contributed by atoms with E-state index in [1.165, 1.54) is 5.56 Å². The molecule has 0 unspecified atom stereocenters. The Morgan fingerprint density at radius 2 is 1.93 bits per heavy atom. The van der Waals surface area contributed by atoms with Gasteiger partial charge in [0, 0.05) is 0 Å². The topological polar surface area (TPSA) is 48.6 Å². The molecule has 0 spiro atoms. The predicted molar refractivity (Wildman–Crippen MR) is 65.8 cm³/mol. The molecule has 3 nitrogen and oxygen atoms in total. The van der Waals surface area contributed by atoms with Crippen LogP contribution in [0.2, 0.25) is 0 Å². The second kappa shape index (κ2) is 3.45. The Labute approximate surface area is 93.3 Å². The summed E-state index contributed by atoms with van der Waals surface area (Å²) in [4.78, 5) is 16.6. The minimum atomic E-state index is -0.161. The van der Waals surface area contributed by atoms with Gasteiger partial charge in [-0.25, -0.2) is 4.79 Å². The Morgan fingerprint density at radius 3 is 2.60 bits per heavy atom. The van der Waals surface area contributed by atoms with Crippen LogP contribution in [-0.4, -0.2) is 15.7 Å². The third kappa shape index (κ3) is 1.81. The summed E-state index contributed by atoms with van der Waals surface area (Å²) in [5.74, 6) is 0.771. The molecule has 2 N–H and O–H groups in total. The molecule has 0 saturated carbocycles. The molecule has 0 aliphatic rings. The molecular formula is C11H14N2OS. The quantitative estimate of drug-likeness (QED) is 0.669. The van der Waals surface area contributed by atoms with Crippen LogP contribution in [0.25, 0.3) is 11.0 Å². The van der Waals surface area contributed by atoms with E-state index in [-0.39, 0.29) is 11.1 Å². The molecule has 4 heteroatoms. The smallest absolute Gasteiger partial charge is 0.306 e. The van der Waals surface area contributed by atoms with Crippen LogP contribution < -0.4 is 5.69 Å². The van der Waals surface area contributed by atoms with E-state index in [2.05, 4.69) is 36.4 Å². The lowest BCUT2D eigenvalue weighted by molar-refractivity contribution is 0.604. The van der Waals surface area contributed by atoms with Crippen molar-refractivity contribution in [2.24, 2.45) is 0 Å². The van der Waals surface area contributed by atoms with Crippen LogP contribution in [0.4, 0.5) is 0 Å². The monoisotopic (exact) mass is 222 g/mol. The van der Waals surface area contributed by atoms with Crippen molar-refractivity contribution in [1.82, 2.24) is 9.97 Å². The van der Waals surface area contributed by atoms with Crippen LogP contribution in [0.15, 0.2) is 23.0 Å². The Balaban J connectivity index is 2.60. The number of benzene rings is 1. The van der Waals surface area contributed by atoms with E-state index in [1.54, 1.807) is 0 Å². The van der Waals surface area contributed by atoms with E-state index >= 15 is 0 Å². The lowest BCUT2D eigenvalue weighted by Crippen LogP contribution is -2.18. The van der Waals surface area contributed by atoms with Gasteiger partial charge in [0.2, 0.25) is 0 Å². The molecule has 0 amide bonds. The summed E-state index contributed by atoms with van der Waals surface area (Å²) in [5.41, 5.74) is 2.74. The number of imidazole rings is 1. The van der Waals surface area contributed by atoms with Gasteiger partial charge in [-0.3, -0.25) is 0 Å². The highest BCUT2D eigenvalue weighted by molar-refractivity contribution is 7.80. The molecule has 0 atom stereocenters. The van der Waals surface area contributed by atoms with Crippen LogP contribution in [0.5, 0.6) is 0 Å². The maximum Gasteiger partial charge on any atom is 0.323 e. The second-order valence-electron chi connectivity index (χ2n) is 4.38. The Hall–Kier alpha value is -1.16. The maximum atomic E-state index is 11.1. The van der Waals surface area contributed by atoms with E-state index in [1.807, 2.05) is 18.2 Å². The molecule has 2 rings (SSSR count). The number of hydrogen-bond donors (Lipinski definition) is 3. The van der Waals surface area contributed by atoms with Crippen molar-refractivity contribution in [3.8, 4) is 0 Å². The summed E-state index contributed by atoms with van der Waals surface area (Å²) in [5, 5.41) is 0. The fraction of sp³-hybridized carbons (Fsp3) is 0.364. The predicted octanol–water partition coefficient (Wildman–Crippen LogP) is 2.06. The van der Waals surface area contributed by atoms with Gasteiger partial charge in [0.15, 0.2) is 0 Å². The zero-order valence-corrected chi connectivity index (χ0v) is 9.69. The average Bonchev–Trinajstić information content (AvgIpc) is 2.56. The normalized spacial score (nSPS) is 12.2. The van der Waals surface area contributed by atoms with Crippen LogP contribution >= 0.6 is 12.6 Å². The standard InChI is InChI=1S/C11H14N2OS/c1-11(2,6-15)7-3-4-8-9(5-7)13-10(14)12-8/h3-5,15H,6H2,1-2H3,(H2,12,13,14). The number of nitrogens with one attached hydrogen (secondary N) is 2. The van der Waals surface area contributed by atoms with Crippen LogP contribution in [0, 0.1) is 0 Å². The Bertz CT molecular complexity index is 539. The number of rotatable bonds is 2. The molecule has 15 heavy (non-hydrogen) atoms. The van der Waals surface area contributed by atoms with Crippen molar-refractivity contribution < 1.29 is 0 Å². The van der Waals surface area contributed by atoms with E-state index in [9.17, 15) is 4.79 Å². The highest BCUT2D eigenvalue weighted by atomic mass is 32.1. The minimum absolute atomic E-state index is 0.0193. The molecule has 1 aromatic heterocycles. The summed E-state index contributed by atoms with van der Waals surface area (Å²) in [7, 11) is 0. The summed E-state index contributed by atoms with van der Waals surface area (Å²) in [6, 6.07) is 5.96. The van der Waals surface area contributed by atoms with Crippen LogP contribution in [-0.2, 0) is 5.41 Å². The van der Waals surface area contributed by atoms with Crippen LogP contribution in [0.1, 0.15) is 19.4 Å². The van der Waals surface area contributed by atoms with E-state index in [0.717, 1.165) is 16.8 Å². The zero-order chi connectivity index (χ0) is 11.1. The molecule has 0 fully saturated rings. The van der Waals surface area contributed by atoms with Crippen molar-refractivity contribution >= 4 is 23.7 Å². The highest BCUT2D eigenvalue weighted by Gasteiger charge is 2.18. The van der Waals surface area contributed by atoms with Gasteiger partial charge in [-0.1, -0.05) is 19.9 Å². The minimum Gasteiger partial charge on any atom is -0.306 e. The Morgan fingerprint density at radius 1 is 1.27 bits per heavy atom. The number of fused-ring (bicyclic) bond motifs is 1. The van der Waals surface area contributed by atoms with Gasteiger partial charge in [0.25, 0.3) is 0 Å². The van der Waals surface area contributed by atoms with Crippen molar-refractivity contribution in [3.63, 3.8) is 0 Å². The molecule has 1 aromatic carbocycles. The van der Waals surface area contributed by atoms with E-state index < -0.39 is 0 Å². The van der Waals surface area contributed by atoms with Crippen molar-refractivity contribution in [2.75, 3.05) is 5.75 Å². The molecule has 0 aliphatic heterocycles. The van der Waals surface area contributed by atoms with Crippen molar-refractivity contribution in [2.45, 2.75) is 19.3 Å². The van der Waals surface area contributed by atoms with Gasteiger partial charge >= 0.3 is 5.69 Å². The molecule has 0 radical (unpaired) electrons. The number of hydrogen-bond acceptors (Lipinski definition) is 2. The zero-order valence-electron chi connectivity index (χ0n) is 8.79. The molecular weight excluding hydrogens is 208 g/mol. The first kappa shape index (κ1) is 10.4. The van der Waals surface area contributed by atoms with E-state index in [4.69, 9.17) is 0 Å². The summed E-state index contributed by atoms with van der Waals surface area (Å²) in [6.45, 7) is 4.26. The first-order valence-corrected chi connectivity index (χ1v) is 5.49. The number of aromatic nitrogens is 2. The molecule has 80 valence electrons. The average molecular weight is 222 g/mol. The lowest BCUT2D eigenvalue weighted by atomic mass is 9.86. The summed E-state index contributed by atoms with van der Waals surface area (Å²) in [6.07, 6.45) is 0. The van der Waals surface area contributed by atoms with Gasteiger partial charge in [-0.05, 0) is 28.9 Å². The van der Waals surface area contributed by atoms with Gasteiger partial charge < -0.3 is 9.97 Å². The highest BCUT2D eigenvalue weighted by Crippen LogP contribution is 2.26. The third-order valence-electron chi connectivity index (χ3n) is 2.69. The fourth-order valence-electron chi connectivity index (χ4n) is 1.54. The first-order valence-electron chi connectivity index (χ1n) is 4.86. The second-order valence-corrected chi connectivity index (χ2v) is 4.70. The maximum absolute atomic E-state index is 11.1. The van der Waals surface area contributed by atoms with Gasteiger partial charge in [-0.15, -0.1) is 0 Å².